The summed E-state index contributed by atoms with van der Waals surface area (Å²) in [5, 5.41) is 0.162. The van der Waals surface area contributed by atoms with Crippen LogP contribution in [0.25, 0.3) is 10.4 Å². The minimum atomic E-state index is -0.559. The summed E-state index contributed by atoms with van der Waals surface area (Å²) in [6.07, 6.45) is 0. The highest BCUT2D eigenvalue weighted by Gasteiger charge is 2.18. The van der Waals surface area contributed by atoms with Crippen molar-refractivity contribution in [2.45, 2.75) is 0 Å². The molecular weight excluding hydrogens is 312 g/mol. The molecule has 6 heteroatoms. The largest absolute Gasteiger partial charge is 0.365 e. The van der Waals surface area contributed by atoms with Crippen LogP contribution < -0.4 is 5.73 Å². The van der Waals surface area contributed by atoms with Crippen LogP contribution in [-0.2, 0) is 0 Å². The van der Waals surface area contributed by atoms with Crippen molar-refractivity contribution in [3.05, 3.63) is 39.5 Å². The highest BCUT2D eigenvalue weighted by molar-refractivity contribution is 9.10. The molecule has 0 saturated carbocycles. The Morgan fingerprint density at radius 1 is 1.38 bits per heavy atom. The number of primary amides is 1. The number of benzene rings is 1. The lowest BCUT2D eigenvalue weighted by atomic mass is 10.1. The van der Waals surface area contributed by atoms with E-state index in [-0.39, 0.29) is 10.7 Å². The molecule has 0 atom stereocenters. The van der Waals surface area contributed by atoms with E-state index < -0.39 is 5.91 Å². The van der Waals surface area contributed by atoms with Crippen LogP contribution in [0.3, 0.4) is 0 Å². The van der Waals surface area contributed by atoms with Gasteiger partial charge in [-0.05, 0) is 29.2 Å². The summed E-state index contributed by atoms with van der Waals surface area (Å²) in [7, 11) is 0. The van der Waals surface area contributed by atoms with E-state index in [9.17, 15) is 4.79 Å². The summed E-state index contributed by atoms with van der Waals surface area (Å²) in [5.41, 5.74) is 6.42. The first-order valence-electron chi connectivity index (χ1n) is 4.30. The smallest absolute Gasteiger partial charge is 0.253 e. The lowest BCUT2D eigenvalue weighted by Gasteiger charge is -2.00. The molecule has 0 aliphatic carbocycles. The molecule has 0 aliphatic rings. The molecule has 0 saturated heterocycles. The number of rotatable bonds is 2. The standard InChI is InChI=1S/C10H6BrClN2OS/c11-6-3-1-5(2-4-6)8-7(10(13)15)9(12)14-16-8/h1-4H,(H2,13,15). The number of halogens is 2. The molecule has 1 amide bonds. The average molecular weight is 318 g/mol. The first-order valence-corrected chi connectivity index (χ1v) is 6.25. The maximum absolute atomic E-state index is 11.2. The first kappa shape index (κ1) is 11.6. The van der Waals surface area contributed by atoms with Crippen molar-refractivity contribution < 1.29 is 4.79 Å². The molecule has 16 heavy (non-hydrogen) atoms. The fraction of sp³-hybridized carbons (Fsp3) is 0. The van der Waals surface area contributed by atoms with Gasteiger partial charge in [-0.25, -0.2) is 0 Å². The number of amides is 1. The number of carbonyl (C=O) groups excluding carboxylic acids is 1. The van der Waals surface area contributed by atoms with Gasteiger partial charge in [0.1, 0.15) is 0 Å². The van der Waals surface area contributed by atoms with E-state index in [0.717, 1.165) is 10.0 Å². The number of aromatic nitrogens is 1. The normalized spacial score (nSPS) is 10.4. The van der Waals surface area contributed by atoms with Gasteiger partial charge >= 0.3 is 0 Å². The Kier molecular flexibility index (Phi) is 3.28. The molecule has 82 valence electrons. The molecule has 0 radical (unpaired) electrons. The molecule has 0 bridgehead atoms. The lowest BCUT2D eigenvalue weighted by molar-refractivity contribution is 0.100. The van der Waals surface area contributed by atoms with Crippen LogP contribution >= 0.6 is 39.1 Å². The van der Waals surface area contributed by atoms with Crippen LogP contribution in [0.15, 0.2) is 28.7 Å². The fourth-order valence-corrected chi connectivity index (χ4v) is 2.69. The van der Waals surface area contributed by atoms with E-state index in [1.807, 2.05) is 24.3 Å². The van der Waals surface area contributed by atoms with E-state index in [2.05, 4.69) is 20.3 Å². The van der Waals surface area contributed by atoms with E-state index in [4.69, 9.17) is 17.3 Å². The SMILES string of the molecule is NC(=O)c1c(Cl)nsc1-c1ccc(Br)cc1. The van der Waals surface area contributed by atoms with Crippen LogP contribution in [0.1, 0.15) is 10.4 Å². The Hall–Kier alpha value is -0.910. The van der Waals surface area contributed by atoms with Gasteiger partial charge in [0, 0.05) is 4.47 Å². The second-order valence-corrected chi connectivity index (χ2v) is 5.10. The van der Waals surface area contributed by atoms with Crippen LogP contribution in [0, 0.1) is 0 Å². The third-order valence-corrected chi connectivity index (χ3v) is 3.80. The summed E-state index contributed by atoms with van der Waals surface area (Å²) in [5.74, 6) is -0.559. The Labute approximate surface area is 110 Å². The zero-order valence-electron chi connectivity index (χ0n) is 7.91. The maximum atomic E-state index is 11.2. The third-order valence-electron chi connectivity index (χ3n) is 2.00. The van der Waals surface area contributed by atoms with Crippen molar-refractivity contribution in [3.8, 4) is 10.4 Å². The molecule has 2 N–H and O–H groups in total. The highest BCUT2D eigenvalue weighted by Crippen LogP contribution is 2.33. The van der Waals surface area contributed by atoms with Gasteiger partial charge in [-0.3, -0.25) is 4.79 Å². The molecule has 2 aromatic rings. The number of nitrogens with zero attached hydrogens (tertiary/aromatic N) is 1. The van der Waals surface area contributed by atoms with Gasteiger partial charge in [-0.2, -0.15) is 4.37 Å². The molecular formula is C10H6BrClN2OS. The number of hydrogen-bond donors (Lipinski definition) is 1. The van der Waals surface area contributed by atoms with E-state index in [1.165, 1.54) is 11.5 Å². The van der Waals surface area contributed by atoms with E-state index in [1.54, 1.807) is 0 Å². The number of carbonyl (C=O) groups is 1. The van der Waals surface area contributed by atoms with Gasteiger partial charge in [0.15, 0.2) is 5.15 Å². The van der Waals surface area contributed by atoms with Crippen molar-refractivity contribution in [1.82, 2.24) is 4.37 Å². The van der Waals surface area contributed by atoms with E-state index in [0.29, 0.717) is 4.88 Å². The predicted molar refractivity (Wildman–Crippen MR) is 68.8 cm³/mol. The quantitative estimate of drug-likeness (QED) is 0.923. The van der Waals surface area contributed by atoms with Gasteiger partial charge in [0.05, 0.1) is 10.4 Å². The zero-order valence-corrected chi connectivity index (χ0v) is 11.1. The molecule has 0 aliphatic heterocycles. The van der Waals surface area contributed by atoms with Crippen molar-refractivity contribution in [2.24, 2.45) is 5.73 Å². The Morgan fingerprint density at radius 3 is 2.56 bits per heavy atom. The van der Waals surface area contributed by atoms with Crippen molar-refractivity contribution in [2.75, 3.05) is 0 Å². The summed E-state index contributed by atoms with van der Waals surface area (Å²) in [4.78, 5) is 11.9. The summed E-state index contributed by atoms with van der Waals surface area (Å²) in [6, 6.07) is 7.52. The maximum Gasteiger partial charge on any atom is 0.253 e. The van der Waals surface area contributed by atoms with Crippen LogP contribution in [0.5, 0.6) is 0 Å². The van der Waals surface area contributed by atoms with Gasteiger partial charge in [0.2, 0.25) is 0 Å². The molecule has 0 spiro atoms. The summed E-state index contributed by atoms with van der Waals surface area (Å²) < 4.78 is 4.90. The van der Waals surface area contributed by atoms with Crippen molar-refractivity contribution in [1.29, 1.82) is 0 Å². The Bertz CT molecular complexity index is 538. The molecule has 2 rings (SSSR count). The van der Waals surface area contributed by atoms with Crippen LogP contribution in [0.4, 0.5) is 0 Å². The predicted octanol–water partition coefficient (Wildman–Crippen LogP) is 3.32. The lowest BCUT2D eigenvalue weighted by Crippen LogP contribution is -2.11. The topological polar surface area (TPSA) is 56.0 Å². The Balaban J connectivity index is 2.56. The minimum absolute atomic E-state index is 0.162. The van der Waals surface area contributed by atoms with Crippen LogP contribution in [-0.4, -0.2) is 10.3 Å². The molecule has 1 heterocycles. The van der Waals surface area contributed by atoms with Gasteiger partial charge in [-0.1, -0.05) is 39.7 Å². The molecule has 0 fully saturated rings. The molecule has 1 aromatic carbocycles. The second-order valence-electron chi connectivity index (χ2n) is 3.05. The average Bonchev–Trinajstić information content (AvgIpc) is 2.61. The number of nitrogens with two attached hydrogens (primary N) is 1. The van der Waals surface area contributed by atoms with Gasteiger partial charge in [-0.15, -0.1) is 0 Å². The van der Waals surface area contributed by atoms with Crippen molar-refractivity contribution in [3.63, 3.8) is 0 Å². The molecule has 3 nitrogen and oxygen atoms in total. The first-order chi connectivity index (χ1) is 7.59. The molecule has 0 unspecified atom stereocenters. The fourth-order valence-electron chi connectivity index (χ4n) is 1.28. The van der Waals surface area contributed by atoms with Gasteiger partial charge < -0.3 is 5.73 Å². The third kappa shape index (κ3) is 2.11. The summed E-state index contributed by atoms with van der Waals surface area (Å²) >= 11 is 10.3. The Morgan fingerprint density at radius 2 is 2.00 bits per heavy atom. The highest BCUT2D eigenvalue weighted by atomic mass is 79.9. The number of hydrogen-bond acceptors (Lipinski definition) is 3. The zero-order chi connectivity index (χ0) is 11.7. The second kappa shape index (κ2) is 4.53. The van der Waals surface area contributed by atoms with E-state index >= 15 is 0 Å². The van der Waals surface area contributed by atoms with Crippen LogP contribution in [0.2, 0.25) is 5.15 Å². The summed E-state index contributed by atoms with van der Waals surface area (Å²) in [6.45, 7) is 0. The minimum Gasteiger partial charge on any atom is -0.365 e. The monoisotopic (exact) mass is 316 g/mol. The molecule has 1 aromatic heterocycles. The van der Waals surface area contributed by atoms with Crippen molar-refractivity contribution >= 4 is 45.0 Å². The van der Waals surface area contributed by atoms with Gasteiger partial charge in [0.25, 0.3) is 5.91 Å².